The molecule has 2 rings (SSSR count). The fraction of sp³-hybridized carbons (Fsp3) is 0.571. The Hall–Kier alpha value is -0.760. The fourth-order valence-electron chi connectivity index (χ4n) is 2.63. The predicted octanol–water partition coefficient (Wildman–Crippen LogP) is 3.66. The lowest BCUT2D eigenvalue weighted by atomic mass is 9.98. The second-order valence-corrected chi connectivity index (χ2v) is 5.13. The molecule has 0 spiro atoms. The first-order chi connectivity index (χ1) is 9.88. The van der Waals surface area contributed by atoms with Crippen LogP contribution in [0.1, 0.15) is 24.4 Å². The Balaban J connectivity index is 0.00000242. The molecule has 1 saturated heterocycles. The maximum absolute atomic E-state index is 13.5. The molecule has 23 heavy (non-hydrogen) atoms. The number of alkyl halides is 3. The van der Waals surface area contributed by atoms with Crippen LogP contribution in [-0.2, 0) is 0 Å². The number of phenols is 1. The van der Waals surface area contributed by atoms with Crippen molar-refractivity contribution in [3.63, 3.8) is 0 Å². The van der Waals surface area contributed by atoms with Gasteiger partial charge in [-0.1, -0.05) is 12.1 Å². The van der Waals surface area contributed by atoms with Gasteiger partial charge in [0.1, 0.15) is 0 Å². The van der Waals surface area contributed by atoms with E-state index in [2.05, 4.69) is 5.32 Å². The average Bonchev–Trinajstić information content (AvgIpc) is 2.43. The van der Waals surface area contributed by atoms with Crippen LogP contribution in [0.2, 0.25) is 0 Å². The highest BCUT2D eigenvalue weighted by Crippen LogP contribution is 2.36. The minimum atomic E-state index is -4.27. The predicted molar refractivity (Wildman–Crippen MR) is 85.0 cm³/mol. The molecule has 0 amide bonds. The summed E-state index contributed by atoms with van der Waals surface area (Å²) in [5.41, 5.74) is 0.223. The number of nitrogens with one attached hydrogen (secondary N) is 1. The molecular formula is C14H20Cl2F4N2O. The van der Waals surface area contributed by atoms with E-state index in [4.69, 9.17) is 0 Å². The van der Waals surface area contributed by atoms with Crippen molar-refractivity contribution in [2.24, 2.45) is 0 Å². The molecule has 0 aliphatic carbocycles. The molecule has 134 valence electrons. The highest BCUT2D eigenvalue weighted by molar-refractivity contribution is 5.85. The summed E-state index contributed by atoms with van der Waals surface area (Å²) >= 11 is 0. The molecule has 0 saturated carbocycles. The zero-order chi connectivity index (χ0) is 15.5. The van der Waals surface area contributed by atoms with E-state index in [1.54, 1.807) is 0 Å². The van der Waals surface area contributed by atoms with Crippen molar-refractivity contribution in [3.8, 4) is 5.75 Å². The summed E-state index contributed by atoms with van der Waals surface area (Å²) in [5.74, 6) is -1.36. The third-order valence-electron chi connectivity index (χ3n) is 3.67. The van der Waals surface area contributed by atoms with Gasteiger partial charge in [0.25, 0.3) is 0 Å². The monoisotopic (exact) mass is 378 g/mol. The Morgan fingerprint density at radius 3 is 2.35 bits per heavy atom. The fourth-order valence-corrected chi connectivity index (χ4v) is 2.63. The Morgan fingerprint density at radius 2 is 1.78 bits per heavy atom. The molecule has 1 aliphatic heterocycles. The molecule has 1 heterocycles. The molecule has 2 N–H and O–H groups in total. The summed E-state index contributed by atoms with van der Waals surface area (Å²) in [6.07, 6.45) is -5.42. The van der Waals surface area contributed by atoms with Crippen LogP contribution in [0.3, 0.4) is 0 Å². The molecule has 0 radical (unpaired) electrons. The van der Waals surface area contributed by atoms with Crippen molar-refractivity contribution in [1.82, 2.24) is 10.2 Å². The van der Waals surface area contributed by atoms with E-state index in [0.717, 1.165) is 6.07 Å². The number of para-hydroxylation sites is 1. The summed E-state index contributed by atoms with van der Waals surface area (Å²) in [5, 5.41) is 12.9. The summed E-state index contributed by atoms with van der Waals surface area (Å²) in [4.78, 5) is 1.86. The zero-order valence-electron chi connectivity index (χ0n) is 12.3. The van der Waals surface area contributed by atoms with E-state index in [0.29, 0.717) is 26.2 Å². The van der Waals surface area contributed by atoms with Crippen molar-refractivity contribution in [2.45, 2.75) is 25.1 Å². The molecule has 1 aromatic carbocycles. The zero-order valence-corrected chi connectivity index (χ0v) is 13.9. The van der Waals surface area contributed by atoms with Crippen molar-refractivity contribution in [2.75, 3.05) is 26.2 Å². The first-order valence-electron chi connectivity index (χ1n) is 6.87. The van der Waals surface area contributed by atoms with Gasteiger partial charge in [0, 0.05) is 44.2 Å². The maximum Gasteiger partial charge on any atom is 0.389 e. The van der Waals surface area contributed by atoms with Gasteiger partial charge in [-0.3, -0.25) is 4.90 Å². The summed E-state index contributed by atoms with van der Waals surface area (Å²) in [6.45, 7) is 2.47. The smallest absolute Gasteiger partial charge is 0.389 e. The second-order valence-electron chi connectivity index (χ2n) is 5.13. The van der Waals surface area contributed by atoms with Crippen LogP contribution in [0, 0.1) is 5.82 Å². The van der Waals surface area contributed by atoms with Crippen LogP contribution in [0.5, 0.6) is 5.75 Å². The SMILES string of the molecule is Cl.Cl.Oc1c(F)cccc1[C@H](CCC(F)(F)F)N1CCNCC1. The average molecular weight is 379 g/mol. The van der Waals surface area contributed by atoms with Gasteiger partial charge in [0.2, 0.25) is 0 Å². The van der Waals surface area contributed by atoms with Gasteiger partial charge in [-0.15, -0.1) is 24.8 Å². The summed E-state index contributed by atoms with van der Waals surface area (Å²) in [6, 6.07) is 3.36. The number of benzene rings is 1. The van der Waals surface area contributed by atoms with Gasteiger partial charge in [-0.05, 0) is 12.5 Å². The molecule has 0 bridgehead atoms. The number of piperazine rings is 1. The van der Waals surface area contributed by atoms with E-state index < -0.39 is 30.2 Å². The van der Waals surface area contributed by atoms with E-state index in [1.807, 2.05) is 4.90 Å². The van der Waals surface area contributed by atoms with Crippen molar-refractivity contribution < 1.29 is 22.7 Å². The first-order valence-corrected chi connectivity index (χ1v) is 6.87. The van der Waals surface area contributed by atoms with Crippen LogP contribution >= 0.6 is 24.8 Å². The standard InChI is InChI=1S/C14H18F4N2O.2ClH/c15-11-3-1-2-10(13(11)21)12(4-5-14(16,17)18)20-8-6-19-7-9-20;;/h1-3,12,19,21H,4-9H2;2*1H/t12-;;/m0../s1. The number of aromatic hydroxyl groups is 1. The lowest BCUT2D eigenvalue weighted by Gasteiger charge is -2.35. The number of hydrogen-bond donors (Lipinski definition) is 2. The molecule has 1 fully saturated rings. The lowest BCUT2D eigenvalue weighted by molar-refractivity contribution is -0.138. The number of rotatable bonds is 4. The number of halogens is 6. The highest BCUT2D eigenvalue weighted by Gasteiger charge is 2.32. The Bertz CT molecular complexity index is 482. The Labute approximate surface area is 144 Å². The summed E-state index contributed by atoms with van der Waals surface area (Å²) < 4.78 is 51.0. The van der Waals surface area contributed by atoms with Crippen molar-refractivity contribution >= 4 is 24.8 Å². The molecular weight excluding hydrogens is 359 g/mol. The van der Waals surface area contributed by atoms with Gasteiger partial charge in [0.05, 0.1) is 0 Å². The van der Waals surface area contributed by atoms with Crippen LogP contribution in [0.15, 0.2) is 18.2 Å². The third kappa shape index (κ3) is 6.33. The van der Waals surface area contributed by atoms with Crippen molar-refractivity contribution in [1.29, 1.82) is 0 Å². The van der Waals surface area contributed by atoms with Gasteiger partial charge in [-0.25, -0.2) is 4.39 Å². The normalized spacial score (nSPS) is 17.0. The first kappa shape index (κ1) is 22.2. The van der Waals surface area contributed by atoms with Crippen molar-refractivity contribution in [3.05, 3.63) is 29.6 Å². The van der Waals surface area contributed by atoms with E-state index in [1.165, 1.54) is 12.1 Å². The van der Waals surface area contributed by atoms with Gasteiger partial charge in [0.15, 0.2) is 11.6 Å². The van der Waals surface area contributed by atoms with Gasteiger partial charge < -0.3 is 10.4 Å². The quantitative estimate of drug-likeness (QED) is 0.784. The number of nitrogens with zero attached hydrogens (tertiary/aromatic N) is 1. The second kappa shape index (κ2) is 9.52. The maximum atomic E-state index is 13.5. The van der Waals surface area contributed by atoms with E-state index in [-0.39, 0.29) is 36.8 Å². The van der Waals surface area contributed by atoms with Gasteiger partial charge in [-0.2, -0.15) is 13.2 Å². The number of phenolic OH excluding ortho intramolecular Hbond substituents is 1. The number of hydrogen-bond acceptors (Lipinski definition) is 3. The Morgan fingerprint density at radius 1 is 1.17 bits per heavy atom. The van der Waals surface area contributed by atoms with Gasteiger partial charge >= 0.3 is 6.18 Å². The van der Waals surface area contributed by atoms with E-state index >= 15 is 0 Å². The molecule has 1 aliphatic rings. The molecule has 1 atom stereocenters. The summed E-state index contributed by atoms with van der Waals surface area (Å²) in [7, 11) is 0. The van der Waals surface area contributed by atoms with E-state index in [9.17, 15) is 22.7 Å². The highest BCUT2D eigenvalue weighted by atomic mass is 35.5. The van der Waals surface area contributed by atoms with Crippen LogP contribution in [0.4, 0.5) is 17.6 Å². The Kier molecular flexibility index (Phi) is 9.20. The van der Waals surface area contributed by atoms with Crippen LogP contribution in [0.25, 0.3) is 0 Å². The lowest BCUT2D eigenvalue weighted by Crippen LogP contribution is -2.45. The topological polar surface area (TPSA) is 35.5 Å². The van der Waals surface area contributed by atoms with Crippen LogP contribution < -0.4 is 5.32 Å². The van der Waals surface area contributed by atoms with Crippen LogP contribution in [-0.4, -0.2) is 42.4 Å². The third-order valence-corrected chi connectivity index (χ3v) is 3.67. The molecule has 9 heteroatoms. The largest absolute Gasteiger partial charge is 0.505 e. The molecule has 0 aromatic heterocycles. The molecule has 0 unspecified atom stereocenters. The minimum absolute atomic E-state index is 0. The minimum Gasteiger partial charge on any atom is -0.505 e. The molecule has 3 nitrogen and oxygen atoms in total. The molecule has 1 aromatic rings.